The lowest BCUT2D eigenvalue weighted by Crippen LogP contribution is -2.39. The molecule has 2 aromatic carbocycles. The molecule has 8 nitrogen and oxygen atoms in total. The number of carbonyl (C=O) groups excluding carboxylic acids is 1. The summed E-state index contributed by atoms with van der Waals surface area (Å²) in [5, 5.41) is 3.26. The zero-order valence-electron chi connectivity index (χ0n) is 19.7. The van der Waals surface area contributed by atoms with Gasteiger partial charge in [0.1, 0.15) is 12.8 Å². The number of anilines is 1. The van der Waals surface area contributed by atoms with Crippen molar-refractivity contribution in [2.75, 3.05) is 12.4 Å². The molecule has 186 valence electrons. The molecule has 0 saturated carbocycles. The lowest BCUT2D eigenvalue weighted by Gasteiger charge is -2.14. The molecule has 0 aliphatic rings. The number of nitrogens with zero attached hydrogens (tertiary/aromatic N) is 3. The van der Waals surface area contributed by atoms with Crippen molar-refractivity contribution < 1.29 is 22.8 Å². The Morgan fingerprint density at radius 3 is 2.31 bits per heavy atom. The standard InChI is InChI=1S/C25H22Cl2N4O4S/c1-15(2)23-25(30-22-12-20(27)19(26)11-21(22)29-23)36(33,34)14-16-6-8-17(9-7-16)24(32)28-18-5-4-10-31(13-18)35-3/h4-13,15H,14H2,1-3H3/p+1. The molecule has 11 heteroatoms. The lowest BCUT2D eigenvalue weighted by atomic mass is 10.1. The number of halogens is 2. The van der Waals surface area contributed by atoms with Crippen molar-refractivity contribution in [3.8, 4) is 0 Å². The third-order valence-corrected chi connectivity index (χ3v) is 7.68. The smallest absolute Gasteiger partial charge is 0.255 e. The van der Waals surface area contributed by atoms with E-state index < -0.39 is 9.84 Å². The first-order valence-corrected chi connectivity index (χ1v) is 13.3. The minimum absolute atomic E-state index is 0.0965. The predicted octanol–water partition coefficient (Wildman–Crippen LogP) is 4.63. The molecule has 0 aliphatic carbocycles. The number of carbonyl (C=O) groups is 1. The van der Waals surface area contributed by atoms with Crippen molar-refractivity contribution in [1.29, 1.82) is 0 Å². The van der Waals surface area contributed by atoms with Crippen LogP contribution < -0.4 is 14.9 Å². The fourth-order valence-corrected chi connectivity index (χ4v) is 5.46. The fourth-order valence-electron chi connectivity index (χ4n) is 3.54. The molecule has 2 aromatic heterocycles. The van der Waals surface area contributed by atoms with Crippen molar-refractivity contribution in [2.45, 2.75) is 30.5 Å². The molecule has 0 atom stereocenters. The first-order chi connectivity index (χ1) is 17.1. The number of fused-ring (bicyclic) bond motifs is 1. The SMILES string of the molecule is CO[n+]1cccc(NC(=O)c2ccc(CS(=O)(=O)c3nc4cc(Cl)c(Cl)cc4nc3C(C)C)cc2)c1. The second kappa shape index (κ2) is 10.4. The first kappa shape index (κ1) is 25.8. The van der Waals surface area contributed by atoms with Gasteiger partial charge in [0.25, 0.3) is 5.91 Å². The van der Waals surface area contributed by atoms with Gasteiger partial charge in [0, 0.05) is 16.4 Å². The van der Waals surface area contributed by atoms with E-state index in [0.717, 1.165) is 0 Å². The summed E-state index contributed by atoms with van der Waals surface area (Å²) in [7, 11) is -2.35. The molecule has 1 N–H and O–H groups in total. The Hall–Kier alpha value is -3.27. The number of nitrogens with one attached hydrogen (secondary N) is 1. The van der Waals surface area contributed by atoms with E-state index in [1.54, 1.807) is 54.9 Å². The number of hydrogen-bond donors (Lipinski definition) is 1. The van der Waals surface area contributed by atoms with Crippen molar-refractivity contribution in [3.05, 3.63) is 87.8 Å². The summed E-state index contributed by atoms with van der Waals surface area (Å²) in [4.78, 5) is 26.6. The highest BCUT2D eigenvalue weighted by Gasteiger charge is 2.25. The zero-order chi connectivity index (χ0) is 26.0. The van der Waals surface area contributed by atoms with E-state index in [-0.39, 0.29) is 27.6 Å². The van der Waals surface area contributed by atoms with Crippen molar-refractivity contribution >= 4 is 55.7 Å². The number of pyridine rings is 1. The van der Waals surface area contributed by atoms with Crippen LogP contribution in [0.2, 0.25) is 10.0 Å². The summed E-state index contributed by atoms with van der Waals surface area (Å²) in [6.07, 6.45) is 3.32. The maximum atomic E-state index is 13.4. The van der Waals surface area contributed by atoms with E-state index in [1.165, 1.54) is 17.9 Å². The van der Waals surface area contributed by atoms with Crippen LogP contribution in [0.4, 0.5) is 5.69 Å². The Morgan fingerprint density at radius 1 is 1.06 bits per heavy atom. The summed E-state index contributed by atoms with van der Waals surface area (Å²) in [6.45, 7) is 3.70. The van der Waals surface area contributed by atoms with Crippen LogP contribution in [0.1, 0.15) is 41.4 Å². The maximum Gasteiger partial charge on any atom is 0.255 e. The van der Waals surface area contributed by atoms with Gasteiger partial charge in [-0.05, 0) is 41.8 Å². The number of rotatable bonds is 7. The zero-order valence-corrected chi connectivity index (χ0v) is 22.0. The van der Waals surface area contributed by atoms with Crippen LogP contribution in [0, 0.1) is 0 Å². The highest BCUT2D eigenvalue weighted by Crippen LogP contribution is 2.30. The van der Waals surface area contributed by atoms with Crippen LogP contribution in [0.15, 0.2) is 66.0 Å². The van der Waals surface area contributed by atoms with Gasteiger partial charge in [-0.15, -0.1) is 0 Å². The van der Waals surface area contributed by atoms with Gasteiger partial charge in [0.15, 0.2) is 5.03 Å². The number of hydrogen-bond acceptors (Lipinski definition) is 6. The number of benzene rings is 2. The normalized spacial score (nSPS) is 11.6. The molecular formula is C25H23Cl2N4O4S+. The topological polar surface area (TPSA) is 102 Å². The van der Waals surface area contributed by atoms with Gasteiger partial charge in [0.05, 0.1) is 32.5 Å². The van der Waals surface area contributed by atoms with Crippen LogP contribution in [0.25, 0.3) is 11.0 Å². The average Bonchev–Trinajstić information content (AvgIpc) is 2.84. The van der Waals surface area contributed by atoms with Gasteiger partial charge in [-0.1, -0.05) is 49.2 Å². The summed E-state index contributed by atoms with van der Waals surface area (Å²) < 4.78 is 28.2. The largest absolute Gasteiger partial charge is 0.317 e. The summed E-state index contributed by atoms with van der Waals surface area (Å²) in [5.74, 6) is -0.832. The van der Waals surface area contributed by atoms with Gasteiger partial charge in [-0.25, -0.2) is 18.4 Å². The van der Waals surface area contributed by atoms with Crippen molar-refractivity contribution in [2.24, 2.45) is 0 Å². The Morgan fingerprint density at radius 2 is 1.69 bits per heavy atom. The molecule has 0 unspecified atom stereocenters. The quantitative estimate of drug-likeness (QED) is 0.339. The first-order valence-electron chi connectivity index (χ1n) is 10.9. The molecule has 0 radical (unpaired) electrons. The van der Waals surface area contributed by atoms with Crippen LogP contribution in [0.5, 0.6) is 0 Å². The maximum absolute atomic E-state index is 13.4. The van der Waals surface area contributed by atoms with E-state index in [4.69, 9.17) is 28.0 Å². The van der Waals surface area contributed by atoms with E-state index in [9.17, 15) is 13.2 Å². The van der Waals surface area contributed by atoms with E-state index in [2.05, 4.69) is 15.3 Å². The molecule has 0 saturated heterocycles. The van der Waals surface area contributed by atoms with E-state index in [0.29, 0.717) is 38.6 Å². The lowest BCUT2D eigenvalue weighted by molar-refractivity contribution is -0.885. The second-order valence-corrected chi connectivity index (χ2v) is 11.1. The summed E-state index contributed by atoms with van der Waals surface area (Å²) in [6, 6.07) is 12.9. The Labute approximate surface area is 218 Å². The Bertz CT molecular complexity index is 1560. The average molecular weight is 546 g/mol. The second-order valence-electron chi connectivity index (χ2n) is 8.37. The van der Waals surface area contributed by atoms with Gasteiger partial charge >= 0.3 is 0 Å². The third-order valence-electron chi connectivity index (χ3n) is 5.36. The molecule has 1 amide bonds. The third kappa shape index (κ3) is 5.59. The molecule has 0 bridgehead atoms. The minimum Gasteiger partial charge on any atom is -0.317 e. The molecule has 2 heterocycles. The van der Waals surface area contributed by atoms with Crippen molar-refractivity contribution in [3.63, 3.8) is 0 Å². The van der Waals surface area contributed by atoms with Crippen LogP contribution in [-0.4, -0.2) is 31.4 Å². The molecule has 0 fully saturated rings. The van der Waals surface area contributed by atoms with E-state index in [1.807, 2.05) is 13.8 Å². The van der Waals surface area contributed by atoms with Crippen LogP contribution in [-0.2, 0) is 15.6 Å². The highest BCUT2D eigenvalue weighted by molar-refractivity contribution is 7.90. The Kier molecular flexibility index (Phi) is 7.44. The minimum atomic E-state index is -3.86. The summed E-state index contributed by atoms with van der Waals surface area (Å²) >= 11 is 12.2. The van der Waals surface area contributed by atoms with Gasteiger partial charge < -0.3 is 5.32 Å². The molecule has 0 spiro atoms. The molecule has 4 aromatic rings. The number of sulfone groups is 1. The van der Waals surface area contributed by atoms with E-state index >= 15 is 0 Å². The van der Waals surface area contributed by atoms with Crippen LogP contribution >= 0.6 is 23.2 Å². The Balaban J connectivity index is 1.59. The molecule has 36 heavy (non-hydrogen) atoms. The molecular weight excluding hydrogens is 523 g/mol. The van der Waals surface area contributed by atoms with Gasteiger partial charge in [-0.3, -0.25) is 9.63 Å². The molecule has 4 rings (SSSR count). The van der Waals surface area contributed by atoms with Crippen molar-refractivity contribution in [1.82, 2.24) is 9.97 Å². The monoisotopic (exact) mass is 545 g/mol. The van der Waals surface area contributed by atoms with Crippen LogP contribution in [0.3, 0.4) is 0 Å². The fraction of sp³-hybridized carbons (Fsp3) is 0.200. The number of aromatic nitrogens is 3. The highest BCUT2D eigenvalue weighted by atomic mass is 35.5. The molecule has 0 aliphatic heterocycles. The van der Waals surface area contributed by atoms with Gasteiger partial charge in [0.2, 0.25) is 22.2 Å². The van der Waals surface area contributed by atoms with Gasteiger partial charge in [-0.2, -0.15) is 0 Å². The summed E-state index contributed by atoms with van der Waals surface area (Å²) in [5.41, 5.74) is 2.60. The number of amides is 1. The predicted molar refractivity (Wildman–Crippen MR) is 138 cm³/mol.